The molecule has 1 rings (SSSR count). The fourth-order valence-corrected chi connectivity index (χ4v) is 1.95. The molecule has 2 N–H and O–H groups in total. The van der Waals surface area contributed by atoms with Crippen molar-refractivity contribution in [3.8, 4) is 0 Å². The first kappa shape index (κ1) is 13.6. The second-order valence-corrected chi connectivity index (χ2v) is 4.23. The molecular weight excluding hydrogens is 242 g/mol. The van der Waals surface area contributed by atoms with Crippen molar-refractivity contribution in [2.24, 2.45) is 0 Å². The smallest absolute Gasteiger partial charge is 0.313 e. The Labute approximate surface area is 103 Å². The summed E-state index contributed by atoms with van der Waals surface area (Å²) in [6.45, 7) is 2.99. The number of aryl methyl sites for hydroxylation is 1. The van der Waals surface area contributed by atoms with Crippen LogP contribution in [0.15, 0.2) is 17.6 Å². The predicted molar refractivity (Wildman–Crippen MR) is 63.9 cm³/mol. The van der Waals surface area contributed by atoms with Crippen LogP contribution < -0.4 is 5.32 Å². The first-order chi connectivity index (χ1) is 8.13. The predicted octanol–water partition coefficient (Wildman–Crippen LogP) is 0.586. The van der Waals surface area contributed by atoms with E-state index in [1.807, 2.05) is 6.92 Å². The molecule has 17 heavy (non-hydrogen) atoms. The quantitative estimate of drug-likeness (QED) is 0.698. The van der Waals surface area contributed by atoms with Crippen LogP contribution in [0, 0.1) is 0 Å². The zero-order valence-electron chi connectivity index (χ0n) is 9.55. The van der Waals surface area contributed by atoms with Gasteiger partial charge in [-0.05, 0) is 6.92 Å². The molecule has 94 valence electrons. The van der Waals surface area contributed by atoms with Crippen LogP contribution in [-0.2, 0) is 16.1 Å². The number of nitrogens with one attached hydrogen (secondary N) is 1. The molecule has 1 amide bonds. The lowest BCUT2D eigenvalue weighted by molar-refractivity contribution is -0.134. The van der Waals surface area contributed by atoms with Gasteiger partial charge < -0.3 is 15.0 Å². The van der Waals surface area contributed by atoms with Crippen LogP contribution >= 0.6 is 11.8 Å². The zero-order valence-corrected chi connectivity index (χ0v) is 10.4. The Balaban J connectivity index is 2.45. The van der Waals surface area contributed by atoms with Gasteiger partial charge in [0.2, 0.25) is 5.91 Å². The van der Waals surface area contributed by atoms with Crippen LogP contribution in [0.3, 0.4) is 0 Å². The van der Waals surface area contributed by atoms with Crippen LogP contribution in [0.1, 0.15) is 13.3 Å². The van der Waals surface area contributed by atoms with E-state index < -0.39 is 5.97 Å². The number of nitrogens with zero attached hydrogens (tertiary/aromatic N) is 2. The van der Waals surface area contributed by atoms with Gasteiger partial charge in [-0.1, -0.05) is 11.8 Å². The number of carboxylic acids is 1. The average molecular weight is 257 g/mol. The van der Waals surface area contributed by atoms with E-state index in [2.05, 4.69) is 10.3 Å². The van der Waals surface area contributed by atoms with Gasteiger partial charge in [0.05, 0.1) is 5.75 Å². The highest BCUT2D eigenvalue weighted by Crippen LogP contribution is 2.15. The third-order valence-corrected chi connectivity index (χ3v) is 2.95. The summed E-state index contributed by atoms with van der Waals surface area (Å²) in [7, 11) is 0. The van der Waals surface area contributed by atoms with Crippen molar-refractivity contribution in [2.45, 2.75) is 25.0 Å². The second kappa shape index (κ2) is 6.95. The zero-order chi connectivity index (χ0) is 12.7. The average Bonchev–Trinajstić information content (AvgIpc) is 2.71. The third kappa shape index (κ3) is 4.90. The van der Waals surface area contributed by atoms with Crippen LogP contribution in [0.5, 0.6) is 0 Å². The minimum atomic E-state index is -0.881. The summed E-state index contributed by atoms with van der Waals surface area (Å²) in [5.41, 5.74) is 0. The minimum absolute atomic E-state index is 0.0182. The Hall–Kier alpha value is -1.50. The summed E-state index contributed by atoms with van der Waals surface area (Å²) in [5, 5.41) is 11.9. The van der Waals surface area contributed by atoms with E-state index in [0.29, 0.717) is 24.7 Å². The molecule has 0 aliphatic heterocycles. The standard InChI is InChI=1S/C10H15N3O3S/c1-2-11-8(14)3-5-13-6-4-12-10(13)17-7-9(15)16/h4,6H,2-3,5,7H2,1H3,(H,11,14)(H,15,16). The van der Waals surface area contributed by atoms with Crippen LogP contribution in [0.2, 0.25) is 0 Å². The molecule has 7 heteroatoms. The highest BCUT2D eigenvalue weighted by atomic mass is 32.2. The normalized spacial score (nSPS) is 10.2. The molecule has 0 aromatic carbocycles. The number of carbonyl (C=O) groups is 2. The molecule has 0 unspecified atom stereocenters. The van der Waals surface area contributed by atoms with Gasteiger partial charge in [-0.15, -0.1) is 0 Å². The van der Waals surface area contributed by atoms with Gasteiger partial charge >= 0.3 is 5.97 Å². The Kier molecular flexibility index (Phi) is 5.55. The second-order valence-electron chi connectivity index (χ2n) is 3.29. The van der Waals surface area contributed by atoms with Gasteiger partial charge in [0.15, 0.2) is 5.16 Å². The van der Waals surface area contributed by atoms with E-state index in [4.69, 9.17) is 5.11 Å². The first-order valence-corrected chi connectivity index (χ1v) is 6.24. The van der Waals surface area contributed by atoms with Gasteiger partial charge in [0, 0.05) is 31.9 Å². The third-order valence-electron chi connectivity index (χ3n) is 1.96. The summed E-state index contributed by atoms with van der Waals surface area (Å²) < 4.78 is 1.78. The monoisotopic (exact) mass is 257 g/mol. The van der Waals surface area contributed by atoms with Crippen molar-refractivity contribution in [1.29, 1.82) is 0 Å². The molecule has 0 radical (unpaired) electrons. The van der Waals surface area contributed by atoms with Crippen LogP contribution in [-0.4, -0.2) is 38.8 Å². The Morgan fingerprint density at radius 1 is 1.59 bits per heavy atom. The molecular formula is C10H15N3O3S. The van der Waals surface area contributed by atoms with Crippen molar-refractivity contribution in [3.63, 3.8) is 0 Å². The number of rotatable bonds is 7. The van der Waals surface area contributed by atoms with E-state index in [1.54, 1.807) is 17.0 Å². The van der Waals surface area contributed by atoms with Crippen molar-refractivity contribution in [1.82, 2.24) is 14.9 Å². The number of aromatic nitrogens is 2. The number of carboxylic acid groups (broad SMARTS) is 1. The number of amides is 1. The van der Waals surface area contributed by atoms with Gasteiger partial charge in [0.25, 0.3) is 0 Å². The maximum atomic E-state index is 11.3. The highest BCUT2D eigenvalue weighted by Gasteiger charge is 2.07. The van der Waals surface area contributed by atoms with Crippen LogP contribution in [0.25, 0.3) is 0 Å². The summed E-state index contributed by atoms with van der Waals surface area (Å²) in [6, 6.07) is 0. The Morgan fingerprint density at radius 2 is 2.35 bits per heavy atom. The fourth-order valence-electron chi connectivity index (χ4n) is 1.24. The first-order valence-electron chi connectivity index (χ1n) is 5.26. The molecule has 1 aromatic heterocycles. The van der Waals surface area contributed by atoms with E-state index in [-0.39, 0.29) is 11.7 Å². The minimum Gasteiger partial charge on any atom is -0.481 e. The van der Waals surface area contributed by atoms with Gasteiger partial charge in [-0.3, -0.25) is 9.59 Å². The molecule has 6 nitrogen and oxygen atoms in total. The van der Waals surface area contributed by atoms with E-state index in [9.17, 15) is 9.59 Å². The molecule has 0 fully saturated rings. The van der Waals surface area contributed by atoms with E-state index in [0.717, 1.165) is 11.8 Å². The topological polar surface area (TPSA) is 84.2 Å². The summed E-state index contributed by atoms with van der Waals surface area (Å²) >= 11 is 1.15. The Bertz CT molecular complexity index is 392. The van der Waals surface area contributed by atoms with Crippen molar-refractivity contribution < 1.29 is 14.7 Å². The lowest BCUT2D eigenvalue weighted by atomic mass is 10.4. The molecule has 0 aliphatic carbocycles. The number of hydrogen-bond acceptors (Lipinski definition) is 4. The van der Waals surface area contributed by atoms with E-state index >= 15 is 0 Å². The number of thioether (sulfide) groups is 1. The molecule has 0 saturated heterocycles. The largest absolute Gasteiger partial charge is 0.481 e. The number of aliphatic carboxylic acids is 1. The fraction of sp³-hybridized carbons (Fsp3) is 0.500. The highest BCUT2D eigenvalue weighted by molar-refractivity contribution is 7.99. The molecule has 0 aliphatic rings. The molecule has 1 heterocycles. The van der Waals surface area contributed by atoms with Crippen molar-refractivity contribution in [3.05, 3.63) is 12.4 Å². The maximum Gasteiger partial charge on any atom is 0.313 e. The SMILES string of the molecule is CCNC(=O)CCn1ccnc1SCC(=O)O. The Morgan fingerprint density at radius 3 is 3.00 bits per heavy atom. The van der Waals surface area contributed by atoms with Crippen molar-refractivity contribution >= 4 is 23.6 Å². The number of hydrogen-bond donors (Lipinski definition) is 2. The number of carbonyl (C=O) groups excluding carboxylic acids is 1. The van der Waals surface area contributed by atoms with Crippen molar-refractivity contribution in [2.75, 3.05) is 12.3 Å². The maximum absolute atomic E-state index is 11.3. The van der Waals surface area contributed by atoms with E-state index in [1.165, 1.54) is 0 Å². The molecule has 0 spiro atoms. The summed E-state index contributed by atoms with van der Waals surface area (Å²) in [6.07, 6.45) is 3.70. The molecule has 0 atom stereocenters. The van der Waals surface area contributed by atoms with Gasteiger partial charge in [-0.2, -0.15) is 0 Å². The number of imidazole rings is 1. The molecule has 1 aromatic rings. The summed E-state index contributed by atoms with van der Waals surface area (Å²) in [4.78, 5) is 25.7. The lowest BCUT2D eigenvalue weighted by Crippen LogP contribution is -2.23. The summed E-state index contributed by atoms with van der Waals surface area (Å²) in [5.74, 6) is -0.929. The molecule has 0 bridgehead atoms. The lowest BCUT2D eigenvalue weighted by Gasteiger charge is -2.06. The van der Waals surface area contributed by atoms with Gasteiger partial charge in [-0.25, -0.2) is 4.98 Å². The van der Waals surface area contributed by atoms with Crippen LogP contribution in [0.4, 0.5) is 0 Å². The van der Waals surface area contributed by atoms with Gasteiger partial charge in [0.1, 0.15) is 0 Å². The molecule has 0 saturated carbocycles.